The van der Waals surface area contributed by atoms with Crippen LogP contribution in [0.5, 0.6) is 5.88 Å². The van der Waals surface area contributed by atoms with Crippen molar-refractivity contribution < 1.29 is 4.74 Å². The molecule has 0 radical (unpaired) electrons. The van der Waals surface area contributed by atoms with Gasteiger partial charge in [-0.15, -0.1) is 0 Å². The van der Waals surface area contributed by atoms with Crippen LogP contribution in [0.2, 0.25) is 0 Å². The van der Waals surface area contributed by atoms with Gasteiger partial charge in [0, 0.05) is 12.4 Å². The summed E-state index contributed by atoms with van der Waals surface area (Å²) in [6.07, 6.45) is 5.71. The fraction of sp³-hybridized carbons (Fsp3) is 0.286. The van der Waals surface area contributed by atoms with Gasteiger partial charge in [-0.2, -0.15) is 0 Å². The van der Waals surface area contributed by atoms with E-state index in [0.717, 1.165) is 24.2 Å². The Balaban J connectivity index is 1.86. The SMILES string of the molecule is COc1ncccc1NC1CCc2cccnc21. The first-order valence-electron chi connectivity index (χ1n) is 6.08. The summed E-state index contributed by atoms with van der Waals surface area (Å²) in [6, 6.07) is 8.27. The summed E-state index contributed by atoms with van der Waals surface area (Å²) in [6.45, 7) is 0. The summed E-state index contributed by atoms with van der Waals surface area (Å²) in [5.41, 5.74) is 3.39. The van der Waals surface area contributed by atoms with Gasteiger partial charge in [-0.3, -0.25) is 4.98 Å². The summed E-state index contributed by atoms with van der Waals surface area (Å²) in [5, 5.41) is 3.47. The Hall–Kier alpha value is -2.10. The zero-order valence-corrected chi connectivity index (χ0v) is 10.3. The monoisotopic (exact) mass is 241 g/mol. The number of aromatic nitrogens is 2. The van der Waals surface area contributed by atoms with E-state index in [0.29, 0.717) is 5.88 Å². The van der Waals surface area contributed by atoms with Crippen LogP contribution >= 0.6 is 0 Å². The minimum atomic E-state index is 0.249. The molecule has 1 N–H and O–H groups in total. The fourth-order valence-corrected chi connectivity index (χ4v) is 2.40. The van der Waals surface area contributed by atoms with Crippen molar-refractivity contribution in [3.05, 3.63) is 47.9 Å². The maximum Gasteiger partial charge on any atom is 0.237 e. The molecule has 0 aromatic carbocycles. The molecule has 18 heavy (non-hydrogen) atoms. The number of nitrogens with one attached hydrogen (secondary N) is 1. The molecule has 2 heterocycles. The predicted molar refractivity (Wildman–Crippen MR) is 69.7 cm³/mol. The molecule has 0 saturated carbocycles. The van der Waals surface area contributed by atoms with E-state index in [1.54, 1.807) is 13.3 Å². The number of fused-ring (bicyclic) bond motifs is 1. The summed E-state index contributed by atoms with van der Waals surface area (Å²) in [4.78, 5) is 8.66. The van der Waals surface area contributed by atoms with E-state index in [2.05, 4.69) is 21.4 Å². The van der Waals surface area contributed by atoms with Gasteiger partial charge in [0.2, 0.25) is 5.88 Å². The molecular weight excluding hydrogens is 226 g/mol. The molecular formula is C14H15N3O. The van der Waals surface area contributed by atoms with Crippen molar-refractivity contribution in [2.75, 3.05) is 12.4 Å². The quantitative estimate of drug-likeness (QED) is 0.897. The first kappa shape index (κ1) is 11.0. The van der Waals surface area contributed by atoms with Crippen LogP contribution < -0.4 is 10.1 Å². The van der Waals surface area contributed by atoms with Crippen LogP contribution in [0.25, 0.3) is 0 Å². The summed E-state index contributed by atoms with van der Waals surface area (Å²) < 4.78 is 5.25. The molecule has 92 valence electrons. The van der Waals surface area contributed by atoms with Crippen molar-refractivity contribution in [2.45, 2.75) is 18.9 Å². The lowest BCUT2D eigenvalue weighted by molar-refractivity contribution is 0.399. The highest BCUT2D eigenvalue weighted by molar-refractivity contribution is 5.54. The number of pyridine rings is 2. The molecule has 1 unspecified atom stereocenters. The van der Waals surface area contributed by atoms with Gasteiger partial charge in [0.25, 0.3) is 0 Å². The third-order valence-electron chi connectivity index (χ3n) is 3.25. The maximum atomic E-state index is 5.25. The Morgan fingerprint density at radius 1 is 1.22 bits per heavy atom. The highest BCUT2D eigenvalue weighted by Crippen LogP contribution is 2.33. The molecule has 0 spiro atoms. The zero-order chi connectivity index (χ0) is 12.4. The number of aryl methyl sites for hydroxylation is 1. The van der Waals surface area contributed by atoms with Gasteiger partial charge in [-0.1, -0.05) is 6.07 Å². The first-order chi connectivity index (χ1) is 8.88. The van der Waals surface area contributed by atoms with Crippen LogP contribution in [0.4, 0.5) is 5.69 Å². The van der Waals surface area contributed by atoms with Crippen molar-refractivity contribution in [2.24, 2.45) is 0 Å². The molecule has 4 heteroatoms. The lowest BCUT2D eigenvalue weighted by atomic mass is 10.2. The van der Waals surface area contributed by atoms with E-state index in [-0.39, 0.29) is 6.04 Å². The van der Waals surface area contributed by atoms with Crippen LogP contribution in [-0.2, 0) is 6.42 Å². The van der Waals surface area contributed by atoms with E-state index in [1.165, 1.54) is 5.56 Å². The summed E-state index contributed by atoms with van der Waals surface area (Å²) >= 11 is 0. The third-order valence-corrected chi connectivity index (χ3v) is 3.25. The average Bonchev–Trinajstić information content (AvgIpc) is 2.83. The molecule has 1 atom stereocenters. The fourth-order valence-electron chi connectivity index (χ4n) is 2.40. The minimum Gasteiger partial charge on any atom is -0.480 e. The second kappa shape index (κ2) is 4.64. The molecule has 1 aliphatic carbocycles. The standard InChI is InChI=1S/C14H15N3O/c1-18-14-12(5-3-9-16-14)17-11-7-6-10-4-2-8-15-13(10)11/h2-5,8-9,11,17H,6-7H2,1H3. The normalized spacial score (nSPS) is 17.3. The van der Waals surface area contributed by atoms with Crippen molar-refractivity contribution in [3.8, 4) is 5.88 Å². The Bertz CT molecular complexity index is 556. The van der Waals surface area contributed by atoms with Gasteiger partial charge in [0.05, 0.1) is 24.5 Å². The van der Waals surface area contributed by atoms with Gasteiger partial charge in [0.1, 0.15) is 0 Å². The lowest BCUT2D eigenvalue weighted by Gasteiger charge is -2.16. The first-order valence-corrected chi connectivity index (χ1v) is 6.08. The molecule has 2 aromatic heterocycles. The largest absolute Gasteiger partial charge is 0.480 e. The predicted octanol–water partition coefficient (Wildman–Crippen LogP) is 2.58. The van der Waals surface area contributed by atoms with Crippen LogP contribution in [-0.4, -0.2) is 17.1 Å². The highest BCUT2D eigenvalue weighted by atomic mass is 16.5. The van der Waals surface area contributed by atoms with E-state index in [9.17, 15) is 0 Å². The Labute approximate surface area is 106 Å². The number of nitrogens with zero attached hydrogens (tertiary/aromatic N) is 2. The number of ether oxygens (including phenoxy) is 1. The van der Waals surface area contributed by atoms with Crippen LogP contribution in [0.3, 0.4) is 0 Å². The Morgan fingerprint density at radius 2 is 2.06 bits per heavy atom. The number of rotatable bonds is 3. The molecule has 4 nitrogen and oxygen atoms in total. The molecule has 0 fully saturated rings. The maximum absolute atomic E-state index is 5.25. The zero-order valence-electron chi connectivity index (χ0n) is 10.3. The second-order valence-electron chi connectivity index (χ2n) is 4.34. The molecule has 2 aromatic rings. The number of hydrogen-bond acceptors (Lipinski definition) is 4. The molecule has 0 saturated heterocycles. The number of hydrogen-bond donors (Lipinski definition) is 1. The van der Waals surface area contributed by atoms with E-state index < -0.39 is 0 Å². The summed E-state index contributed by atoms with van der Waals surface area (Å²) in [5.74, 6) is 0.627. The second-order valence-corrected chi connectivity index (χ2v) is 4.34. The minimum absolute atomic E-state index is 0.249. The van der Waals surface area contributed by atoms with Crippen molar-refractivity contribution >= 4 is 5.69 Å². The third kappa shape index (κ3) is 1.90. The Kier molecular flexibility index (Phi) is 2.84. The van der Waals surface area contributed by atoms with Gasteiger partial charge in [-0.05, 0) is 36.6 Å². The average molecular weight is 241 g/mol. The van der Waals surface area contributed by atoms with Crippen LogP contribution in [0.1, 0.15) is 23.7 Å². The van der Waals surface area contributed by atoms with E-state index >= 15 is 0 Å². The smallest absolute Gasteiger partial charge is 0.237 e. The van der Waals surface area contributed by atoms with E-state index in [4.69, 9.17) is 4.74 Å². The number of methoxy groups -OCH3 is 1. The molecule has 0 aliphatic heterocycles. The van der Waals surface area contributed by atoms with Gasteiger partial charge < -0.3 is 10.1 Å². The highest BCUT2D eigenvalue weighted by Gasteiger charge is 2.24. The lowest BCUT2D eigenvalue weighted by Crippen LogP contribution is -2.09. The Morgan fingerprint density at radius 3 is 2.94 bits per heavy atom. The molecule has 1 aliphatic rings. The van der Waals surface area contributed by atoms with E-state index in [1.807, 2.05) is 24.4 Å². The molecule has 0 bridgehead atoms. The van der Waals surface area contributed by atoms with Gasteiger partial charge in [0.15, 0.2) is 0 Å². The number of anilines is 1. The summed E-state index contributed by atoms with van der Waals surface area (Å²) in [7, 11) is 1.63. The van der Waals surface area contributed by atoms with Gasteiger partial charge >= 0.3 is 0 Å². The molecule has 0 amide bonds. The van der Waals surface area contributed by atoms with Crippen molar-refractivity contribution in [3.63, 3.8) is 0 Å². The van der Waals surface area contributed by atoms with Crippen LogP contribution in [0.15, 0.2) is 36.7 Å². The van der Waals surface area contributed by atoms with Crippen molar-refractivity contribution in [1.29, 1.82) is 0 Å². The topological polar surface area (TPSA) is 47.0 Å². The van der Waals surface area contributed by atoms with Crippen molar-refractivity contribution in [1.82, 2.24) is 9.97 Å². The van der Waals surface area contributed by atoms with Crippen LogP contribution in [0, 0.1) is 0 Å². The molecule has 3 rings (SSSR count). The van der Waals surface area contributed by atoms with Gasteiger partial charge in [-0.25, -0.2) is 4.98 Å².